The van der Waals surface area contributed by atoms with E-state index in [2.05, 4.69) is 53.4 Å². The van der Waals surface area contributed by atoms with Crippen molar-refractivity contribution in [3.63, 3.8) is 0 Å². The average molecular weight is 263 g/mol. The van der Waals surface area contributed by atoms with Crippen LogP contribution in [0.5, 0.6) is 0 Å². The Morgan fingerprint density at radius 3 is 2.39 bits per heavy atom. The number of hydrogen-bond acceptors (Lipinski definition) is 2. The van der Waals surface area contributed by atoms with Crippen LogP contribution < -0.4 is 5.32 Å². The lowest BCUT2D eigenvalue weighted by Gasteiger charge is -2.35. The Morgan fingerprint density at radius 2 is 1.78 bits per heavy atom. The molecule has 18 heavy (non-hydrogen) atoms. The number of hydrogen-bond donors (Lipinski definition) is 1. The van der Waals surface area contributed by atoms with Crippen molar-refractivity contribution in [2.75, 3.05) is 33.2 Å². The van der Waals surface area contributed by atoms with Gasteiger partial charge in [0.1, 0.15) is 0 Å². The topological polar surface area (TPSA) is 18.5 Å². The highest BCUT2D eigenvalue weighted by Gasteiger charge is 2.17. The second kappa shape index (κ2) is 6.16. The van der Waals surface area contributed by atoms with Gasteiger partial charge in [-0.15, -0.1) is 0 Å². The minimum atomic E-state index is 0.262. The zero-order chi connectivity index (χ0) is 13.0. The van der Waals surface area contributed by atoms with Crippen molar-refractivity contribution in [3.8, 4) is 0 Å². The molecule has 1 saturated heterocycles. The fraction of sp³-hybridized carbons (Fsp3) is 0.500. The zero-order valence-corrected chi connectivity index (χ0v) is 11.9. The van der Waals surface area contributed by atoms with Crippen LogP contribution in [-0.4, -0.2) is 48.1 Å². The third-order valence-electron chi connectivity index (χ3n) is 3.43. The predicted octanol–water partition coefficient (Wildman–Crippen LogP) is 1.87. The molecule has 1 N–H and O–H groups in total. The molecular formula is C14H21N3S. The number of likely N-dealkylation sites (N-methyl/N-ethyl adjacent to an activating group) is 1. The fourth-order valence-electron chi connectivity index (χ4n) is 2.11. The number of nitrogens with one attached hydrogen (secondary N) is 1. The second-order valence-corrected chi connectivity index (χ2v) is 5.26. The molecule has 1 aromatic carbocycles. The van der Waals surface area contributed by atoms with Crippen LogP contribution in [0.3, 0.4) is 0 Å². The predicted molar refractivity (Wildman–Crippen MR) is 79.7 cm³/mol. The van der Waals surface area contributed by atoms with Gasteiger partial charge in [-0.2, -0.15) is 0 Å². The molecule has 98 valence electrons. The van der Waals surface area contributed by atoms with Crippen LogP contribution in [0.1, 0.15) is 18.5 Å². The highest BCUT2D eigenvalue weighted by atomic mass is 32.1. The monoisotopic (exact) mass is 263 g/mol. The van der Waals surface area contributed by atoms with Crippen LogP contribution in [0, 0.1) is 0 Å². The van der Waals surface area contributed by atoms with Crippen LogP contribution in [0.4, 0.5) is 0 Å². The highest BCUT2D eigenvalue weighted by Crippen LogP contribution is 2.12. The summed E-state index contributed by atoms with van der Waals surface area (Å²) in [5.74, 6) is 0. The molecule has 0 aliphatic carbocycles. The van der Waals surface area contributed by atoms with Gasteiger partial charge in [0.25, 0.3) is 0 Å². The number of benzene rings is 1. The van der Waals surface area contributed by atoms with Crippen LogP contribution in [0.25, 0.3) is 0 Å². The van der Waals surface area contributed by atoms with Crippen molar-refractivity contribution in [1.29, 1.82) is 0 Å². The smallest absolute Gasteiger partial charge is 0.169 e. The SMILES string of the molecule is CC(NC(=S)N1CCN(C)CC1)c1ccccc1. The van der Waals surface area contributed by atoms with Gasteiger partial charge in [-0.3, -0.25) is 0 Å². The van der Waals surface area contributed by atoms with E-state index in [-0.39, 0.29) is 6.04 Å². The fourth-order valence-corrected chi connectivity index (χ4v) is 2.47. The Labute approximate surface area is 115 Å². The van der Waals surface area contributed by atoms with E-state index in [0.29, 0.717) is 0 Å². The Hall–Kier alpha value is -1.13. The number of thiocarbonyl (C=S) groups is 1. The molecule has 0 bridgehead atoms. The molecule has 1 unspecified atom stereocenters. The van der Waals surface area contributed by atoms with Gasteiger partial charge in [0.05, 0.1) is 6.04 Å². The molecule has 3 nitrogen and oxygen atoms in total. The first kappa shape index (κ1) is 13.3. The van der Waals surface area contributed by atoms with E-state index in [1.165, 1.54) is 5.56 Å². The summed E-state index contributed by atoms with van der Waals surface area (Å²) in [6.45, 7) is 6.36. The van der Waals surface area contributed by atoms with Gasteiger partial charge in [0, 0.05) is 26.2 Å². The van der Waals surface area contributed by atoms with Gasteiger partial charge < -0.3 is 15.1 Å². The third-order valence-corrected chi connectivity index (χ3v) is 3.81. The highest BCUT2D eigenvalue weighted by molar-refractivity contribution is 7.80. The molecule has 4 heteroatoms. The minimum absolute atomic E-state index is 0.262. The molecule has 1 aliphatic rings. The maximum absolute atomic E-state index is 5.49. The Kier molecular flexibility index (Phi) is 4.55. The van der Waals surface area contributed by atoms with Crippen LogP contribution in [-0.2, 0) is 0 Å². The van der Waals surface area contributed by atoms with E-state index in [4.69, 9.17) is 12.2 Å². The summed E-state index contributed by atoms with van der Waals surface area (Å²) in [6, 6.07) is 10.7. The van der Waals surface area contributed by atoms with E-state index < -0.39 is 0 Å². The zero-order valence-electron chi connectivity index (χ0n) is 11.1. The standard InChI is InChI=1S/C14H21N3S/c1-12(13-6-4-3-5-7-13)15-14(18)17-10-8-16(2)9-11-17/h3-7,12H,8-11H2,1-2H3,(H,15,18). The molecule has 0 radical (unpaired) electrons. The average Bonchev–Trinajstić information content (AvgIpc) is 2.40. The Balaban J connectivity index is 1.87. The summed E-state index contributed by atoms with van der Waals surface area (Å²) in [4.78, 5) is 4.59. The van der Waals surface area contributed by atoms with E-state index in [1.807, 2.05) is 6.07 Å². The lowest BCUT2D eigenvalue weighted by Crippen LogP contribution is -2.50. The summed E-state index contributed by atoms with van der Waals surface area (Å²) in [6.07, 6.45) is 0. The molecule has 0 amide bonds. The van der Waals surface area contributed by atoms with Crippen molar-refractivity contribution in [3.05, 3.63) is 35.9 Å². The van der Waals surface area contributed by atoms with Gasteiger partial charge in [0.15, 0.2) is 5.11 Å². The summed E-state index contributed by atoms with van der Waals surface area (Å²) in [7, 11) is 2.15. The van der Waals surface area contributed by atoms with Crippen molar-refractivity contribution in [2.45, 2.75) is 13.0 Å². The molecule has 1 aromatic rings. The quantitative estimate of drug-likeness (QED) is 0.821. The summed E-state index contributed by atoms with van der Waals surface area (Å²) >= 11 is 5.49. The van der Waals surface area contributed by atoms with Crippen LogP contribution in [0.15, 0.2) is 30.3 Å². The van der Waals surface area contributed by atoms with Crippen LogP contribution >= 0.6 is 12.2 Å². The molecule has 1 heterocycles. The molecule has 1 atom stereocenters. The van der Waals surface area contributed by atoms with Gasteiger partial charge in [-0.1, -0.05) is 30.3 Å². The minimum Gasteiger partial charge on any atom is -0.356 e. The lowest BCUT2D eigenvalue weighted by atomic mass is 10.1. The third kappa shape index (κ3) is 3.43. The van der Waals surface area contributed by atoms with Crippen molar-refractivity contribution >= 4 is 17.3 Å². The molecule has 1 fully saturated rings. The van der Waals surface area contributed by atoms with Gasteiger partial charge in [-0.25, -0.2) is 0 Å². The Bertz CT molecular complexity index is 385. The van der Waals surface area contributed by atoms with Gasteiger partial charge in [0.2, 0.25) is 0 Å². The summed E-state index contributed by atoms with van der Waals surface area (Å²) in [5, 5.41) is 4.29. The number of piperazine rings is 1. The van der Waals surface area contributed by atoms with E-state index in [1.54, 1.807) is 0 Å². The lowest BCUT2D eigenvalue weighted by molar-refractivity contribution is 0.213. The first-order valence-corrected chi connectivity index (χ1v) is 6.86. The maximum atomic E-state index is 5.49. The Morgan fingerprint density at radius 1 is 1.17 bits per heavy atom. The largest absolute Gasteiger partial charge is 0.356 e. The van der Waals surface area contributed by atoms with Crippen molar-refractivity contribution < 1.29 is 0 Å². The summed E-state index contributed by atoms with van der Waals surface area (Å²) in [5.41, 5.74) is 1.27. The molecular weight excluding hydrogens is 242 g/mol. The van der Waals surface area contributed by atoms with Crippen molar-refractivity contribution in [1.82, 2.24) is 15.1 Å². The number of rotatable bonds is 2. The first-order chi connectivity index (χ1) is 8.66. The van der Waals surface area contributed by atoms with E-state index in [9.17, 15) is 0 Å². The molecule has 0 spiro atoms. The van der Waals surface area contributed by atoms with Gasteiger partial charge in [-0.05, 0) is 31.8 Å². The number of nitrogens with zero attached hydrogens (tertiary/aromatic N) is 2. The first-order valence-electron chi connectivity index (χ1n) is 6.46. The second-order valence-electron chi connectivity index (χ2n) is 4.87. The van der Waals surface area contributed by atoms with Crippen LogP contribution in [0.2, 0.25) is 0 Å². The normalized spacial score (nSPS) is 18.4. The van der Waals surface area contributed by atoms with E-state index >= 15 is 0 Å². The van der Waals surface area contributed by atoms with Gasteiger partial charge >= 0.3 is 0 Å². The maximum Gasteiger partial charge on any atom is 0.169 e. The summed E-state index contributed by atoms with van der Waals surface area (Å²) < 4.78 is 0. The van der Waals surface area contributed by atoms with E-state index in [0.717, 1.165) is 31.3 Å². The molecule has 0 aromatic heterocycles. The molecule has 2 rings (SSSR count). The van der Waals surface area contributed by atoms with Crippen molar-refractivity contribution in [2.24, 2.45) is 0 Å². The molecule has 0 saturated carbocycles. The molecule has 1 aliphatic heterocycles.